The van der Waals surface area contributed by atoms with Crippen LogP contribution in [0.5, 0.6) is 0 Å². The Hall–Kier alpha value is -0.380. The largest absolute Gasteiger partial charge is 0.393 e. The summed E-state index contributed by atoms with van der Waals surface area (Å²) < 4.78 is 6.78. The van der Waals surface area contributed by atoms with E-state index in [1.165, 1.54) is 51.5 Å². The van der Waals surface area contributed by atoms with E-state index in [1.807, 2.05) is 0 Å². The SMILES string of the molecule is C[C@H]1CC[C@@H]2[C@@H](C)[C@H]3[C@H](C[C@H]4[C@@H]5CC=C6C[C@@H](O)CC[C@]6(C)[C@H]5CC[C@]34C)OCN2C1. The van der Waals surface area contributed by atoms with Gasteiger partial charge in [-0.25, -0.2) is 0 Å². The maximum Gasteiger partial charge on any atom is 0.0996 e. The van der Waals surface area contributed by atoms with Crippen LogP contribution in [-0.4, -0.2) is 41.5 Å². The van der Waals surface area contributed by atoms with Crippen LogP contribution in [0.4, 0.5) is 0 Å². The van der Waals surface area contributed by atoms with Crippen molar-refractivity contribution in [2.75, 3.05) is 13.3 Å². The summed E-state index contributed by atoms with van der Waals surface area (Å²) in [5.41, 5.74) is 2.39. The first-order valence-electron chi connectivity index (χ1n) is 13.5. The molecule has 174 valence electrons. The molecule has 3 heteroatoms. The van der Waals surface area contributed by atoms with Gasteiger partial charge >= 0.3 is 0 Å². The quantitative estimate of drug-likeness (QED) is 0.509. The summed E-state index contributed by atoms with van der Waals surface area (Å²) in [6.07, 6.45) is 14.2. The Kier molecular flexibility index (Phi) is 4.99. The molecule has 6 aliphatic rings. The third-order valence-electron chi connectivity index (χ3n) is 11.8. The zero-order valence-electron chi connectivity index (χ0n) is 20.4. The molecule has 0 radical (unpaired) electrons. The minimum atomic E-state index is -0.0989. The first-order valence-corrected chi connectivity index (χ1v) is 13.5. The fourth-order valence-electron chi connectivity index (χ4n) is 10.2. The second kappa shape index (κ2) is 7.31. The number of rotatable bonds is 0. The molecule has 11 atom stereocenters. The van der Waals surface area contributed by atoms with Gasteiger partial charge in [0, 0.05) is 12.6 Å². The van der Waals surface area contributed by atoms with Crippen molar-refractivity contribution in [2.45, 2.75) is 104 Å². The van der Waals surface area contributed by atoms with Gasteiger partial charge in [-0.05, 0) is 104 Å². The van der Waals surface area contributed by atoms with Crippen molar-refractivity contribution < 1.29 is 9.84 Å². The number of piperidine rings is 1. The van der Waals surface area contributed by atoms with Crippen LogP contribution in [0.15, 0.2) is 11.6 Å². The molecule has 3 nitrogen and oxygen atoms in total. The lowest BCUT2D eigenvalue weighted by molar-refractivity contribution is -0.0644. The third-order valence-corrected chi connectivity index (χ3v) is 11.8. The maximum atomic E-state index is 10.3. The minimum absolute atomic E-state index is 0.0989. The van der Waals surface area contributed by atoms with Gasteiger partial charge in [-0.2, -0.15) is 0 Å². The highest BCUT2D eigenvalue weighted by Gasteiger charge is 2.63. The molecule has 2 heterocycles. The average molecular weight is 428 g/mol. The van der Waals surface area contributed by atoms with E-state index in [0.29, 0.717) is 16.9 Å². The molecule has 6 rings (SSSR count). The van der Waals surface area contributed by atoms with E-state index in [9.17, 15) is 5.11 Å². The van der Waals surface area contributed by atoms with Crippen LogP contribution >= 0.6 is 0 Å². The highest BCUT2D eigenvalue weighted by atomic mass is 16.5. The van der Waals surface area contributed by atoms with Crippen molar-refractivity contribution in [1.82, 2.24) is 4.90 Å². The summed E-state index contributed by atoms with van der Waals surface area (Å²) in [4.78, 5) is 2.70. The fourth-order valence-corrected chi connectivity index (χ4v) is 10.2. The Labute approximate surface area is 190 Å². The lowest BCUT2D eigenvalue weighted by atomic mass is 9.47. The van der Waals surface area contributed by atoms with Gasteiger partial charge in [-0.15, -0.1) is 0 Å². The molecule has 0 bridgehead atoms. The van der Waals surface area contributed by atoms with Crippen molar-refractivity contribution in [1.29, 1.82) is 0 Å². The lowest BCUT2D eigenvalue weighted by Crippen LogP contribution is -2.53. The van der Waals surface area contributed by atoms with Gasteiger partial charge in [0.05, 0.1) is 18.9 Å². The van der Waals surface area contributed by atoms with E-state index in [-0.39, 0.29) is 6.10 Å². The number of nitrogens with zero attached hydrogens (tertiary/aromatic N) is 1. The molecule has 1 N–H and O–H groups in total. The van der Waals surface area contributed by atoms with Crippen molar-refractivity contribution in [3.63, 3.8) is 0 Å². The maximum absolute atomic E-state index is 10.3. The molecule has 0 spiro atoms. The van der Waals surface area contributed by atoms with Crippen molar-refractivity contribution in [2.24, 2.45) is 46.3 Å². The van der Waals surface area contributed by atoms with Gasteiger partial charge in [0.15, 0.2) is 0 Å². The molecular weight excluding hydrogens is 382 g/mol. The first-order chi connectivity index (χ1) is 14.8. The van der Waals surface area contributed by atoms with Crippen LogP contribution in [0.1, 0.15) is 85.5 Å². The molecular formula is C28H45NO2. The first kappa shape index (κ1) is 21.2. The van der Waals surface area contributed by atoms with Crippen LogP contribution < -0.4 is 0 Å². The molecule has 0 amide bonds. The molecule has 0 aromatic heterocycles. The highest BCUT2D eigenvalue weighted by Crippen LogP contribution is 2.68. The average Bonchev–Trinajstić information content (AvgIpc) is 2.96. The number of aliphatic hydroxyl groups is 1. The molecule has 2 aliphatic heterocycles. The predicted octanol–water partition coefficient (Wildman–Crippen LogP) is 5.63. The van der Waals surface area contributed by atoms with Crippen LogP contribution in [0.25, 0.3) is 0 Å². The van der Waals surface area contributed by atoms with E-state index < -0.39 is 0 Å². The van der Waals surface area contributed by atoms with E-state index in [0.717, 1.165) is 61.1 Å². The molecule has 0 unspecified atom stereocenters. The molecule has 5 fully saturated rings. The standard InChI is InChI=1S/C28H45NO2/c1-17-5-8-24-18(2)26-25(31-16-29(24)15-17)14-23-21-7-6-19-13-20(30)9-11-27(19,3)22(21)10-12-28(23,26)4/h6,17-18,20-26,30H,5,7-16H2,1-4H3/t17-,18+,20-,21+,22-,23-,24+,25-,26-,27-,28-/m0/s1. The topological polar surface area (TPSA) is 32.7 Å². The lowest BCUT2D eigenvalue weighted by Gasteiger charge is -2.58. The van der Waals surface area contributed by atoms with Gasteiger partial charge in [-0.1, -0.05) is 39.3 Å². The molecule has 31 heavy (non-hydrogen) atoms. The normalized spacial score (nSPS) is 56.9. The second-order valence-corrected chi connectivity index (χ2v) is 13.2. The Bertz CT molecular complexity index is 749. The van der Waals surface area contributed by atoms with E-state index in [1.54, 1.807) is 5.57 Å². The summed E-state index contributed by atoms with van der Waals surface area (Å²) in [6.45, 7) is 12.3. The molecule has 0 aromatic carbocycles. The molecule has 0 aromatic rings. The van der Waals surface area contributed by atoms with Gasteiger partial charge in [-0.3, -0.25) is 4.90 Å². The molecule has 3 saturated carbocycles. The summed E-state index contributed by atoms with van der Waals surface area (Å²) in [5, 5.41) is 10.3. The van der Waals surface area contributed by atoms with Crippen LogP contribution in [-0.2, 0) is 4.74 Å². The second-order valence-electron chi connectivity index (χ2n) is 13.2. The third kappa shape index (κ3) is 3.01. The van der Waals surface area contributed by atoms with Crippen LogP contribution in [0.2, 0.25) is 0 Å². The van der Waals surface area contributed by atoms with E-state index >= 15 is 0 Å². The summed E-state index contributed by atoms with van der Waals surface area (Å²) in [5.74, 6) is 4.77. The van der Waals surface area contributed by atoms with E-state index in [4.69, 9.17) is 4.74 Å². The molecule has 4 aliphatic carbocycles. The van der Waals surface area contributed by atoms with Crippen LogP contribution in [0.3, 0.4) is 0 Å². The van der Waals surface area contributed by atoms with E-state index in [2.05, 4.69) is 38.7 Å². The Morgan fingerprint density at radius 3 is 2.74 bits per heavy atom. The van der Waals surface area contributed by atoms with Gasteiger partial charge in [0.2, 0.25) is 0 Å². The highest BCUT2D eigenvalue weighted by molar-refractivity contribution is 5.26. The number of ether oxygens (including phenoxy) is 1. The Morgan fingerprint density at radius 1 is 1.06 bits per heavy atom. The summed E-state index contributed by atoms with van der Waals surface area (Å²) >= 11 is 0. The fraction of sp³-hybridized carbons (Fsp3) is 0.929. The van der Waals surface area contributed by atoms with Crippen LogP contribution in [0, 0.1) is 46.3 Å². The Morgan fingerprint density at radius 2 is 1.90 bits per heavy atom. The van der Waals surface area contributed by atoms with Crippen molar-refractivity contribution >= 4 is 0 Å². The molecule has 2 saturated heterocycles. The van der Waals surface area contributed by atoms with Crippen molar-refractivity contribution in [3.05, 3.63) is 11.6 Å². The minimum Gasteiger partial charge on any atom is -0.393 e. The summed E-state index contributed by atoms with van der Waals surface area (Å²) in [7, 11) is 0. The number of aliphatic hydroxyl groups excluding tert-OH is 1. The number of allylic oxidation sites excluding steroid dienone is 1. The van der Waals surface area contributed by atoms with Gasteiger partial charge in [0.25, 0.3) is 0 Å². The summed E-state index contributed by atoms with van der Waals surface area (Å²) in [6, 6.07) is 0.731. The smallest absolute Gasteiger partial charge is 0.0996 e. The Balaban J connectivity index is 1.30. The zero-order valence-corrected chi connectivity index (χ0v) is 20.4. The van der Waals surface area contributed by atoms with Crippen molar-refractivity contribution in [3.8, 4) is 0 Å². The number of hydrogen-bond acceptors (Lipinski definition) is 3. The van der Waals surface area contributed by atoms with Gasteiger partial charge < -0.3 is 9.84 Å². The number of hydrogen-bond donors (Lipinski definition) is 1. The van der Waals surface area contributed by atoms with Gasteiger partial charge in [0.1, 0.15) is 0 Å². The zero-order chi connectivity index (χ0) is 21.5. The monoisotopic (exact) mass is 427 g/mol. The number of fused-ring (bicyclic) bond motifs is 8. The predicted molar refractivity (Wildman–Crippen MR) is 124 cm³/mol.